The summed E-state index contributed by atoms with van der Waals surface area (Å²) in [5.74, 6) is 0.155. The van der Waals surface area contributed by atoms with E-state index in [1.165, 1.54) is 0 Å². The minimum absolute atomic E-state index is 0.279. The topological polar surface area (TPSA) is 62.5 Å². The molecule has 2 aliphatic rings. The molecule has 142 valence electrons. The van der Waals surface area contributed by atoms with E-state index < -0.39 is 12.1 Å². The summed E-state index contributed by atoms with van der Waals surface area (Å²) >= 11 is 0. The second kappa shape index (κ2) is 6.98. The zero-order valence-corrected chi connectivity index (χ0v) is 14.4. The molecule has 0 radical (unpaired) electrons. The van der Waals surface area contributed by atoms with Crippen molar-refractivity contribution in [3.63, 3.8) is 0 Å². The van der Waals surface area contributed by atoms with Crippen molar-refractivity contribution >= 4 is 11.5 Å². The summed E-state index contributed by atoms with van der Waals surface area (Å²) in [6.07, 6.45) is 1.27. The van der Waals surface area contributed by atoms with Crippen LogP contribution in [-0.2, 0) is 0 Å². The molecule has 0 spiro atoms. The molecule has 1 aliphatic heterocycles. The molecule has 0 atom stereocenters. The number of alkyl halides is 3. The fourth-order valence-corrected chi connectivity index (χ4v) is 4.08. The molecule has 0 amide bonds. The number of nitrogens with zero attached hydrogens (tertiary/aromatic N) is 7. The van der Waals surface area contributed by atoms with Crippen molar-refractivity contribution in [2.45, 2.75) is 31.9 Å². The highest BCUT2D eigenvalue weighted by Gasteiger charge is 2.41. The lowest BCUT2D eigenvalue weighted by atomic mass is 9.81. The SMILES string of the molecule is FC(F)(F)C1CCC(CN2CCN(c3cncc4nnnn34)CC2)CC1. The van der Waals surface area contributed by atoms with Crippen LogP contribution >= 0.6 is 0 Å². The fraction of sp³-hybridized carbons (Fsp3) is 0.750. The molecule has 1 saturated heterocycles. The van der Waals surface area contributed by atoms with Crippen molar-refractivity contribution in [2.75, 3.05) is 37.6 Å². The molecule has 0 aromatic carbocycles. The lowest BCUT2D eigenvalue weighted by Crippen LogP contribution is -2.48. The van der Waals surface area contributed by atoms with Crippen LogP contribution in [0.1, 0.15) is 25.7 Å². The number of fused-ring (bicyclic) bond motifs is 1. The first-order valence-electron chi connectivity index (χ1n) is 9.07. The monoisotopic (exact) mass is 369 g/mol. The molecule has 4 rings (SSSR count). The Hall–Kier alpha value is -1.97. The van der Waals surface area contributed by atoms with Crippen molar-refractivity contribution in [1.29, 1.82) is 0 Å². The van der Waals surface area contributed by atoms with E-state index in [0.29, 0.717) is 24.4 Å². The second-order valence-electron chi connectivity index (χ2n) is 7.26. The molecular formula is C16H22F3N7. The van der Waals surface area contributed by atoms with E-state index in [-0.39, 0.29) is 12.8 Å². The van der Waals surface area contributed by atoms with E-state index in [0.717, 1.165) is 38.5 Å². The summed E-state index contributed by atoms with van der Waals surface area (Å²) < 4.78 is 40.0. The first-order valence-corrected chi connectivity index (χ1v) is 9.07. The Morgan fingerprint density at radius 3 is 2.42 bits per heavy atom. The third-order valence-corrected chi connectivity index (χ3v) is 5.61. The molecule has 1 aliphatic carbocycles. The van der Waals surface area contributed by atoms with Gasteiger partial charge in [-0.25, -0.2) is 0 Å². The number of piperazine rings is 1. The predicted octanol–water partition coefficient (Wildman–Crippen LogP) is 2.01. The second-order valence-corrected chi connectivity index (χ2v) is 7.26. The van der Waals surface area contributed by atoms with Crippen LogP contribution in [0.4, 0.5) is 19.0 Å². The van der Waals surface area contributed by atoms with Crippen LogP contribution in [0.25, 0.3) is 5.65 Å². The largest absolute Gasteiger partial charge is 0.391 e. The third-order valence-electron chi connectivity index (χ3n) is 5.61. The van der Waals surface area contributed by atoms with Crippen LogP contribution in [0.15, 0.2) is 12.4 Å². The predicted molar refractivity (Wildman–Crippen MR) is 88.7 cm³/mol. The molecular weight excluding hydrogens is 347 g/mol. The summed E-state index contributed by atoms with van der Waals surface area (Å²) in [5.41, 5.74) is 0.617. The minimum atomic E-state index is -4.03. The van der Waals surface area contributed by atoms with Crippen LogP contribution in [-0.4, -0.2) is 68.8 Å². The van der Waals surface area contributed by atoms with Gasteiger partial charge in [0.25, 0.3) is 0 Å². The Morgan fingerprint density at radius 2 is 1.73 bits per heavy atom. The summed E-state index contributed by atoms with van der Waals surface area (Å²) in [7, 11) is 0. The molecule has 2 fully saturated rings. The quantitative estimate of drug-likeness (QED) is 0.825. The molecule has 0 unspecified atom stereocenters. The maximum atomic E-state index is 12.8. The Labute approximate surface area is 149 Å². The number of hydrogen-bond donors (Lipinski definition) is 0. The average Bonchev–Trinajstić information content (AvgIpc) is 3.11. The fourth-order valence-electron chi connectivity index (χ4n) is 4.08. The Morgan fingerprint density at radius 1 is 1.00 bits per heavy atom. The number of tetrazole rings is 1. The van der Waals surface area contributed by atoms with Gasteiger partial charge in [0, 0.05) is 32.7 Å². The van der Waals surface area contributed by atoms with E-state index in [1.54, 1.807) is 16.9 Å². The number of hydrogen-bond acceptors (Lipinski definition) is 6. The standard InChI is InChI=1S/C16H22F3N7/c17-16(18,19)13-3-1-12(2-4-13)11-24-5-7-25(8-6-24)15-10-20-9-14-21-22-23-26(14)15/h9-10,12-13H,1-8,11H2. The molecule has 2 aromatic heterocycles. The summed E-state index contributed by atoms with van der Waals surface area (Å²) in [5, 5.41) is 11.6. The minimum Gasteiger partial charge on any atom is -0.353 e. The highest BCUT2D eigenvalue weighted by atomic mass is 19.4. The van der Waals surface area contributed by atoms with Gasteiger partial charge in [0.05, 0.1) is 18.3 Å². The smallest absolute Gasteiger partial charge is 0.353 e. The lowest BCUT2D eigenvalue weighted by molar-refractivity contribution is -0.184. The van der Waals surface area contributed by atoms with Gasteiger partial charge >= 0.3 is 6.18 Å². The number of rotatable bonds is 3. The van der Waals surface area contributed by atoms with Crippen LogP contribution in [0, 0.1) is 11.8 Å². The molecule has 10 heteroatoms. The van der Waals surface area contributed by atoms with Crippen LogP contribution < -0.4 is 4.90 Å². The van der Waals surface area contributed by atoms with Gasteiger partial charge in [-0.05, 0) is 42.0 Å². The van der Waals surface area contributed by atoms with Crippen molar-refractivity contribution in [2.24, 2.45) is 11.8 Å². The molecule has 0 bridgehead atoms. The zero-order valence-electron chi connectivity index (χ0n) is 14.4. The zero-order chi connectivity index (χ0) is 18.1. The van der Waals surface area contributed by atoms with Crippen molar-refractivity contribution in [3.8, 4) is 0 Å². The van der Waals surface area contributed by atoms with Crippen molar-refractivity contribution < 1.29 is 13.2 Å². The van der Waals surface area contributed by atoms with E-state index in [1.807, 2.05) is 0 Å². The number of aromatic nitrogens is 5. The van der Waals surface area contributed by atoms with Gasteiger partial charge in [0.15, 0.2) is 11.5 Å². The van der Waals surface area contributed by atoms with Gasteiger partial charge < -0.3 is 4.90 Å². The molecule has 1 saturated carbocycles. The van der Waals surface area contributed by atoms with Crippen LogP contribution in [0.5, 0.6) is 0 Å². The first kappa shape index (κ1) is 17.4. The van der Waals surface area contributed by atoms with Gasteiger partial charge in [-0.2, -0.15) is 17.7 Å². The maximum Gasteiger partial charge on any atom is 0.391 e. The van der Waals surface area contributed by atoms with Crippen molar-refractivity contribution in [1.82, 2.24) is 29.9 Å². The summed E-state index contributed by atoms with van der Waals surface area (Å²) in [6, 6.07) is 0. The molecule has 3 heterocycles. The molecule has 2 aromatic rings. The lowest BCUT2D eigenvalue weighted by Gasteiger charge is -2.38. The highest BCUT2D eigenvalue weighted by molar-refractivity contribution is 5.46. The maximum absolute atomic E-state index is 12.8. The van der Waals surface area contributed by atoms with Gasteiger partial charge in [0.2, 0.25) is 0 Å². The molecule has 7 nitrogen and oxygen atoms in total. The van der Waals surface area contributed by atoms with Gasteiger partial charge in [-0.15, -0.1) is 5.10 Å². The van der Waals surface area contributed by atoms with E-state index in [9.17, 15) is 13.2 Å². The number of anilines is 1. The highest BCUT2D eigenvalue weighted by Crippen LogP contribution is 2.39. The Kier molecular flexibility index (Phi) is 4.68. The first-order chi connectivity index (χ1) is 12.5. The van der Waals surface area contributed by atoms with Crippen LogP contribution in [0.3, 0.4) is 0 Å². The molecule has 26 heavy (non-hydrogen) atoms. The summed E-state index contributed by atoms with van der Waals surface area (Å²) in [4.78, 5) is 8.75. The van der Waals surface area contributed by atoms with Gasteiger partial charge in [0.1, 0.15) is 0 Å². The van der Waals surface area contributed by atoms with E-state index in [4.69, 9.17) is 0 Å². The van der Waals surface area contributed by atoms with E-state index >= 15 is 0 Å². The van der Waals surface area contributed by atoms with Gasteiger partial charge in [-0.1, -0.05) is 0 Å². The Balaban J connectivity index is 1.29. The van der Waals surface area contributed by atoms with Crippen molar-refractivity contribution in [3.05, 3.63) is 12.4 Å². The van der Waals surface area contributed by atoms with E-state index in [2.05, 4.69) is 30.3 Å². The average molecular weight is 369 g/mol. The van der Waals surface area contributed by atoms with Gasteiger partial charge in [-0.3, -0.25) is 9.88 Å². The number of halogens is 3. The third kappa shape index (κ3) is 3.60. The van der Waals surface area contributed by atoms with Crippen LogP contribution in [0.2, 0.25) is 0 Å². The molecule has 0 N–H and O–H groups in total. The summed E-state index contributed by atoms with van der Waals surface area (Å²) in [6.45, 7) is 4.33. The Bertz CT molecular complexity index is 731. The normalized spacial score (nSPS) is 25.7.